The van der Waals surface area contributed by atoms with Crippen molar-refractivity contribution in [2.45, 2.75) is 78.7 Å². The number of ether oxygens (including phenoxy) is 5. The lowest BCUT2D eigenvalue weighted by Crippen LogP contribution is -2.38. The summed E-state index contributed by atoms with van der Waals surface area (Å²) in [4.78, 5) is 61.7. The van der Waals surface area contributed by atoms with Crippen LogP contribution in [-0.4, -0.2) is 79.4 Å². The second-order valence-corrected chi connectivity index (χ2v) is 34.5. The Morgan fingerprint density at radius 2 is 1.00 bits per heavy atom. The third kappa shape index (κ3) is 33.3. The molecule has 2 unspecified atom stereocenters. The number of esters is 3. The van der Waals surface area contributed by atoms with E-state index in [-0.39, 0.29) is 37.4 Å². The molecule has 0 spiro atoms. The van der Waals surface area contributed by atoms with Crippen LogP contribution in [0.15, 0.2) is 66.0 Å². The summed E-state index contributed by atoms with van der Waals surface area (Å²) in [6, 6.07) is 18.2. The molecule has 0 aliphatic heterocycles. The molecule has 29 heteroatoms. The highest BCUT2D eigenvalue weighted by Gasteiger charge is 2.27. The highest BCUT2D eigenvalue weighted by Crippen LogP contribution is 2.29. The van der Waals surface area contributed by atoms with Gasteiger partial charge in [0, 0.05) is 180 Å². The van der Waals surface area contributed by atoms with Gasteiger partial charge in [-0.25, -0.2) is 0 Å². The van der Waals surface area contributed by atoms with Crippen molar-refractivity contribution in [3.05, 3.63) is 82.0 Å². The smallest absolute Gasteiger partial charge is 0.325 e. The van der Waals surface area contributed by atoms with Crippen molar-refractivity contribution in [3.8, 4) is 11.5 Å². The lowest BCUT2D eigenvalue weighted by molar-refractivity contribution is -0.149. The number of carboxylic acid groups (broad SMARTS) is 1. The van der Waals surface area contributed by atoms with E-state index >= 15 is 0 Å². The van der Waals surface area contributed by atoms with Crippen LogP contribution < -0.4 is 9.47 Å². The second-order valence-electron chi connectivity index (χ2n) is 12.3. The van der Waals surface area contributed by atoms with E-state index in [4.69, 9.17) is 28.8 Å². The van der Waals surface area contributed by atoms with E-state index < -0.39 is 23.8 Å². The molecule has 1 N–H and O–H groups in total. The summed E-state index contributed by atoms with van der Waals surface area (Å²) in [5, 5.41) is 11.0. The molecule has 1 heterocycles. The Kier molecular flexibility index (Phi) is 44.5. The first-order chi connectivity index (χ1) is 32.8. The van der Waals surface area contributed by atoms with Gasteiger partial charge < -0.3 is 33.7 Å². The summed E-state index contributed by atoms with van der Waals surface area (Å²) in [5.74, 6) is -2.04. The minimum atomic E-state index is -0.896. The standard InChI is InChI=1S/C24H31NO6S.C15H20O5.S9.S7/c1-4-29-22(26)13-8-14-31-21-12-7-6-11-20(21)18(3)24(28)25(17-23(27)30-5-2)16-19-10-9-15-32-19;1-3-19-14(16)9-6-10-20-13-8-5-4-7-12(13)11(2)15(17)18;1-3-5-7-9-8-6-4-2;1-3-5-7-6-4-2/h6-7,9-12,15,18H,4-5,8,13-14,16-17H2,1-3H3;4-5,7-8,11H,3,6,9-10H2,1-2H3,(H,17,18);;. The van der Waals surface area contributed by atoms with E-state index in [0.29, 0.717) is 69.3 Å². The molecule has 0 radical (unpaired) electrons. The zero-order valence-electron chi connectivity index (χ0n) is 37.2. The van der Waals surface area contributed by atoms with Gasteiger partial charge in [-0.05, 0) is 71.0 Å². The van der Waals surface area contributed by atoms with E-state index in [1.807, 2.05) is 35.7 Å². The van der Waals surface area contributed by atoms with Gasteiger partial charge >= 0.3 is 23.9 Å². The van der Waals surface area contributed by atoms with Gasteiger partial charge in [-0.1, -0.05) is 42.5 Å². The molecule has 0 saturated carbocycles. The molecule has 1 amide bonds. The summed E-state index contributed by atoms with van der Waals surface area (Å²) in [7, 11) is 18.3. The molecule has 3 aromatic rings. The molecule has 3 rings (SSSR count). The molecule has 0 aliphatic carbocycles. The fraction of sp³-hybridized carbons (Fsp3) is 0.462. The van der Waals surface area contributed by atoms with Crippen LogP contribution >= 0.6 is 11.3 Å². The molecule has 12 nitrogen and oxygen atoms in total. The van der Waals surface area contributed by atoms with E-state index in [1.54, 1.807) is 136 Å². The molecule has 0 saturated heterocycles. The first kappa shape index (κ1) is 66.6. The predicted octanol–water partition coefficient (Wildman–Crippen LogP) is 6.72. The van der Waals surface area contributed by atoms with E-state index in [2.05, 4.69) is 44.8 Å². The third-order valence-electron chi connectivity index (χ3n) is 7.83. The zero-order chi connectivity index (χ0) is 50.8. The minimum Gasteiger partial charge on any atom is -0.493 e. The molecule has 1 aromatic heterocycles. The van der Waals surface area contributed by atoms with Crippen molar-refractivity contribution >= 4 is 192 Å². The Morgan fingerprint density at radius 1 is 0.588 bits per heavy atom. The summed E-state index contributed by atoms with van der Waals surface area (Å²) in [5.41, 5.74) is 1.37. The second kappa shape index (κ2) is 45.5. The summed E-state index contributed by atoms with van der Waals surface area (Å²) < 4.78 is 26.2. The first-order valence-electron chi connectivity index (χ1n) is 19.8. The van der Waals surface area contributed by atoms with Crippen molar-refractivity contribution < 1.29 is 52.8 Å². The maximum Gasteiger partial charge on any atom is 0.325 e. The number of benzene rings is 2. The van der Waals surface area contributed by atoms with Crippen molar-refractivity contribution in [2.75, 3.05) is 39.6 Å². The Balaban J connectivity index is 0.00000105. The highest BCUT2D eigenvalue weighted by atomic mass is 33.4. The molecular weight excluding hydrogens is 1200 g/mol. The molecule has 2 atom stereocenters. The molecule has 0 fully saturated rings. The predicted molar refractivity (Wildman–Crippen MR) is 314 cm³/mol. The highest BCUT2D eigenvalue weighted by molar-refractivity contribution is 8.72. The number of thiophene rings is 1. The largest absolute Gasteiger partial charge is 0.493 e. The number of hydrogen-bond acceptors (Lipinski definition) is 15. The van der Waals surface area contributed by atoms with Crippen LogP contribution in [0.2, 0.25) is 0 Å². The number of amides is 1. The quantitative estimate of drug-likeness (QED) is 0.0681. The number of carbonyl (C=O) groups is 5. The van der Waals surface area contributed by atoms with Gasteiger partial charge in [0.1, 0.15) is 18.0 Å². The maximum atomic E-state index is 13.4. The lowest BCUT2D eigenvalue weighted by Gasteiger charge is -2.25. The number of rotatable bonds is 21. The van der Waals surface area contributed by atoms with Crippen LogP contribution in [0, 0.1) is 0 Å². The SMILES string of the molecule is CCOC(=O)CCCOc1ccccc1C(C)C(=O)N(CC(=O)OCC)Cc1cccs1.CCOC(=O)CCCOc1ccccc1C(C)C(=O)O.S=S=S=S=S=S=S.S=S=S=S=S=S=S=S=S. The minimum absolute atomic E-state index is 0.114. The Labute approximate surface area is 456 Å². The lowest BCUT2D eigenvalue weighted by atomic mass is 9.98. The van der Waals surface area contributed by atoms with Gasteiger partial charge in [-0.2, -0.15) is 0 Å². The van der Waals surface area contributed by atoms with Crippen molar-refractivity contribution in [1.82, 2.24) is 4.90 Å². The number of aliphatic carboxylic acids is 1. The van der Waals surface area contributed by atoms with E-state index in [9.17, 15) is 24.0 Å². The number of hydrogen-bond donors (Lipinski definition) is 1. The molecule has 68 heavy (non-hydrogen) atoms. The fourth-order valence-electron chi connectivity index (χ4n) is 5.00. The monoisotopic (exact) mass is 1250 g/mol. The molecule has 2 aromatic carbocycles. The van der Waals surface area contributed by atoms with Crippen LogP contribution in [0.1, 0.15) is 88.1 Å². The maximum absolute atomic E-state index is 13.4. The third-order valence-corrected chi connectivity index (χ3v) is 30.9. The summed E-state index contributed by atoms with van der Waals surface area (Å²) >= 11 is 19.9. The van der Waals surface area contributed by atoms with Crippen molar-refractivity contribution in [2.24, 2.45) is 0 Å². The number of carboxylic acids is 1. The Bertz CT molecular complexity index is 2510. The van der Waals surface area contributed by atoms with Crippen LogP contribution in [0.25, 0.3) is 0 Å². The van der Waals surface area contributed by atoms with Crippen LogP contribution in [-0.2, 0) is 196 Å². The average molecular weight is 1250 g/mol. The molecule has 380 valence electrons. The summed E-state index contributed by atoms with van der Waals surface area (Å²) in [6.45, 7) is 10.6. The first-order valence-corrected chi connectivity index (χ1v) is 39.3. The van der Waals surface area contributed by atoms with Gasteiger partial charge in [0.25, 0.3) is 0 Å². The van der Waals surface area contributed by atoms with Gasteiger partial charge in [-0.15, -0.1) is 11.3 Å². The van der Waals surface area contributed by atoms with Gasteiger partial charge in [-0.3, -0.25) is 24.0 Å². The van der Waals surface area contributed by atoms with Gasteiger partial charge in [0.15, 0.2) is 0 Å². The Morgan fingerprint density at radius 3 is 1.41 bits per heavy atom. The van der Waals surface area contributed by atoms with Crippen LogP contribution in [0.3, 0.4) is 0 Å². The molecule has 0 bridgehead atoms. The normalized spacial score (nSPS) is 10.4. The Hall–Kier alpha value is -1.39. The van der Waals surface area contributed by atoms with E-state index in [1.165, 1.54) is 51.8 Å². The zero-order valence-corrected chi connectivity index (χ0v) is 51.1. The molecule has 0 aliphatic rings. The number of para-hydroxylation sites is 2. The van der Waals surface area contributed by atoms with Crippen LogP contribution in [0.5, 0.6) is 11.5 Å². The number of nitrogens with zero attached hydrogens (tertiary/aromatic N) is 1. The van der Waals surface area contributed by atoms with Crippen molar-refractivity contribution in [1.29, 1.82) is 0 Å². The number of carbonyl (C=O) groups excluding carboxylic acids is 4. The molecular formula is C39H51NO11S17. The summed E-state index contributed by atoms with van der Waals surface area (Å²) in [6.07, 6.45) is 1.63. The average Bonchev–Trinajstić information content (AvgIpc) is 3.85. The van der Waals surface area contributed by atoms with Gasteiger partial charge in [0.05, 0.1) is 51.4 Å². The van der Waals surface area contributed by atoms with Crippen LogP contribution in [0.4, 0.5) is 0 Å². The van der Waals surface area contributed by atoms with E-state index in [0.717, 1.165) is 10.4 Å². The van der Waals surface area contributed by atoms with Crippen molar-refractivity contribution in [3.63, 3.8) is 0 Å². The topological polar surface area (TPSA) is 155 Å². The van der Waals surface area contributed by atoms with Gasteiger partial charge in [0.2, 0.25) is 5.91 Å². The fourth-order valence-corrected chi connectivity index (χ4v) is 27.7.